The summed E-state index contributed by atoms with van der Waals surface area (Å²) in [5.74, 6) is 0.880. The van der Waals surface area contributed by atoms with Crippen LogP contribution in [-0.2, 0) is 0 Å². The summed E-state index contributed by atoms with van der Waals surface area (Å²) in [5.41, 5.74) is 7.27. The maximum Gasteiger partial charge on any atom is 0.124 e. The molecule has 0 spiro atoms. The lowest BCUT2D eigenvalue weighted by molar-refractivity contribution is 0.335. The number of ether oxygens (including phenoxy) is 1. The van der Waals surface area contributed by atoms with Crippen LogP contribution in [0.2, 0.25) is 0 Å². The topological polar surface area (TPSA) is 35.2 Å². The first-order valence-electron chi connectivity index (χ1n) is 5.33. The van der Waals surface area contributed by atoms with Crippen LogP contribution in [0.3, 0.4) is 0 Å². The molecule has 2 nitrogen and oxygen atoms in total. The number of benzene rings is 1. The predicted octanol–water partition coefficient (Wildman–Crippen LogP) is 3.19. The van der Waals surface area contributed by atoms with E-state index in [0.29, 0.717) is 6.61 Å². The molecule has 0 radical (unpaired) electrons. The molecule has 2 N–H and O–H groups in total. The van der Waals surface area contributed by atoms with E-state index in [9.17, 15) is 0 Å². The monoisotopic (exact) mass is 233 g/mol. The average Bonchev–Trinajstić information content (AvgIpc) is 2.83. The number of para-hydroxylation sites is 1. The Morgan fingerprint density at radius 1 is 1.25 bits per heavy atom. The molecule has 0 bridgehead atoms. The fourth-order valence-electron chi connectivity index (χ4n) is 1.65. The van der Waals surface area contributed by atoms with Crippen molar-refractivity contribution in [1.82, 2.24) is 0 Å². The SMILES string of the molecule is CCOc1ccccc1[C@@H](N)c1cccs1. The van der Waals surface area contributed by atoms with E-state index in [4.69, 9.17) is 10.5 Å². The summed E-state index contributed by atoms with van der Waals surface area (Å²) in [6, 6.07) is 11.9. The van der Waals surface area contributed by atoms with Crippen molar-refractivity contribution in [3.8, 4) is 5.75 Å². The van der Waals surface area contributed by atoms with Gasteiger partial charge in [0.15, 0.2) is 0 Å². The van der Waals surface area contributed by atoms with Crippen LogP contribution in [0.4, 0.5) is 0 Å². The molecule has 1 heterocycles. The van der Waals surface area contributed by atoms with Crippen LogP contribution in [0.25, 0.3) is 0 Å². The summed E-state index contributed by atoms with van der Waals surface area (Å²) < 4.78 is 5.58. The Morgan fingerprint density at radius 2 is 2.06 bits per heavy atom. The summed E-state index contributed by atoms with van der Waals surface area (Å²) in [6.07, 6.45) is 0. The van der Waals surface area contributed by atoms with Gasteiger partial charge >= 0.3 is 0 Å². The van der Waals surface area contributed by atoms with Crippen molar-refractivity contribution < 1.29 is 4.74 Å². The Balaban J connectivity index is 2.32. The van der Waals surface area contributed by atoms with Crippen LogP contribution in [0.15, 0.2) is 41.8 Å². The van der Waals surface area contributed by atoms with E-state index in [0.717, 1.165) is 16.2 Å². The van der Waals surface area contributed by atoms with E-state index < -0.39 is 0 Å². The standard InChI is InChI=1S/C13H15NOS/c1-2-15-11-7-4-3-6-10(11)13(14)12-8-5-9-16-12/h3-9,13H,2,14H2,1H3/t13-/m1/s1. The zero-order valence-electron chi connectivity index (χ0n) is 9.22. The molecule has 0 aliphatic carbocycles. The van der Waals surface area contributed by atoms with Crippen LogP contribution in [-0.4, -0.2) is 6.61 Å². The van der Waals surface area contributed by atoms with Crippen LogP contribution in [0.5, 0.6) is 5.75 Å². The number of nitrogens with two attached hydrogens (primary N) is 1. The van der Waals surface area contributed by atoms with Gasteiger partial charge < -0.3 is 10.5 Å². The van der Waals surface area contributed by atoms with Gasteiger partial charge in [0.1, 0.15) is 5.75 Å². The molecule has 0 aliphatic rings. The molecule has 84 valence electrons. The van der Waals surface area contributed by atoms with E-state index in [1.165, 1.54) is 0 Å². The third kappa shape index (κ3) is 2.26. The minimum absolute atomic E-state index is 0.0947. The summed E-state index contributed by atoms with van der Waals surface area (Å²) >= 11 is 1.67. The van der Waals surface area contributed by atoms with Crippen LogP contribution >= 0.6 is 11.3 Å². The van der Waals surface area contributed by atoms with Gasteiger partial charge in [-0.05, 0) is 24.4 Å². The molecule has 3 heteroatoms. The number of rotatable bonds is 4. The molecular weight excluding hydrogens is 218 g/mol. The lowest BCUT2D eigenvalue weighted by Crippen LogP contribution is -2.12. The molecule has 0 saturated carbocycles. The third-order valence-electron chi connectivity index (χ3n) is 2.40. The second kappa shape index (κ2) is 5.14. The molecular formula is C13H15NOS. The zero-order chi connectivity index (χ0) is 11.4. The van der Waals surface area contributed by atoms with Crippen molar-refractivity contribution in [2.24, 2.45) is 5.73 Å². The van der Waals surface area contributed by atoms with Crippen LogP contribution < -0.4 is 10.5 Å². The second-order valence-corrected chi connectivity index (χ2v) is 4.44. The van der Waals surface area contributed by atoms with Crippen molar-refractivity contribution in [3.63, 3.8) is 0 Å². The van der Waals surface area contributed by atoms with Gasteiger partial charge in [-0.1, -0.05) is 24.3 Å². The van der Waals surface area contributed by atoms with Gasteiger partial charge in [0.2, 0.25) is 0 Å². The zero-order valence-corrected chi connectivity index (χ0v) is 10.0. The Bertz CT molecular complexity index is 439. The maximum atomic E-state index is 6.22. The van der Waals surface area contributed by atoms with Gasteiger partial charge in [-0.15, -0.1) is 11.3 Å². The van der Waals surface area contributed by atoms with Gasteiger partial charge in [0.25, 0.3) is 0 Å². The Morgan fingerprint density at radius 3 is 2.75 bits per heavy atom. The van der Waals surface area contributed by atoms with E-state index in [1.54, 1.807) is 11.3 Å². The summed E-state index contributed by atoms with van der Waals surface area (Å²) in [6.45, 7) is 2.64. The Labute approximate surface area is 99.7 Å². The minimum Gasteiger partial charge on any atom is -0.494 e. The lowest BCUT2D eigenvalue weighted by Gasteiger charge is -2.15. The van der Waals surface area contributed by atoms with Gasteiger partial charge in [-0.3, -0.25) is 0 Å². The Hall–Kier alpha value is -1.32. The van der Waals surface area contributed by atoms with Crippen LogP contribution in [0, 0.1) is 0 Å². The number of thiophene rings is 1. The van der Waals surface area contributed by atoms with Crippen molar-refractivity contribution in [3.05, 3.63) is 52.2 Å². The molecule has 1 atom stereocenters. The van der Waals surface area contributed by atoms with Crippen molar-refractivity contribution in [2.75, 3.05) is 6.61 Å². The van der Waals surface area contributed by atoms with Crippen LogP contribution in [0.1, 0.15) is 23.4 Å². The van der Waals surface area contributed by atoms with Crippen molar-refractivity contribution in [2.45, 2.75) is 13.0 Å². The molecule has 1 aromatic heterocycles. The van der Waals surface area contributed by atoms with Gasteiger partial charge in [-0.25, -0.2) is 0 Å². The fraction of sp³-hybridized carbons (Fsp3) is 0.231. The smallest absolute Gasteiger partial charge is 0.124 e. The highest BCUT2D eigenvalue weighted by molar-refractivity contribution is 7.10. The van der Waals surface area contributed by atoms with E-state index >= 15 is 0 Å². The normalized spacial score (nSPS) is 12.4. The molecule has 0 unspecified atom stereocenters. The first-order valence-corrected chi connectivity index (χ1v) is 6.21. The van der Waals surface area contributed by atoms with Gasteiger partial charge in [-0.2, -0.15) is 0 Å². The summed E-state index contributed by atoms with van der Waals surface area (Å²) in [7, 11) is 0. The highest BCUT2D eigenvalue weighted by atomic mass is 32.1. The Kier molecular flexibility index (Phi) is 3.59. The average molecular weight is 233 g/mol. The molecule has 0 fully saturated rings. The first kappa shape index (κ1) is 11.2. The fourth-order valence-corrected chi connectivity index (χ4v) is 2.39. The molecule has 2 rings (SSSR count). The largest absolute Gasteiger partial charge is 0.494 e. The van der Waals surface area contributed by atoms with E-state index in [-0.39, 0.29) is 6.04 Å². The van der Waals surface area contributed by atoms with Crippen molar-refractivity contribution in [1.29, 1.82) is 0 Å². The number of hydrogen-bond donors (Lipinski definition) is 1. The molecule has 0 aliphatic heterocycles. The van der Waals surface area contributed by atoms with E-state index in [2.05, 4.69) is 6.07 Å². The maximum absolute atomic E-state index is 6.22. The molecule has 16 heavy (non-hydrogen) atoms. The highest BCUT2D eigenvalue weighted by Gasteiger charge is 2.14. The third-order valence-corrected chi connectivity index (χ3v) is 3.36. The first-order chi connectivity index (χ1) is 7.83. The van der Waals surface area contributed by atoms with Gasteiger partial charge in [0, 0.05) is 10.4 Å². The van der Waals surface area contributed by atoms with E-state index in [1.807, 2.05) is 42.6 Å². The molecule has 1 aromatic carbocycles. The lowest BCUT2D eigenvalue weighted by atomic mass is 10.1. The van der Waals surface area contributed by atoms with Gasteiger partial charge in [0.05, 0.1) is 12.6 Å². The quantitative estimate of drug-likeness (QED) is 0.880. The second-order valence-electron chi connectivity index (χ2n) is 3.46. The molecule has 0 saturated heterocycles. The molecule has 0 amide bonds. The molecule has 2 aromatic rings. The highest BCUT2D eigenvalue weighted by Crippen LogP contribution is 2.30. The minimum atomic E-state index is -0.0947. The predicted molar refractivity (Wildman–Crippen MR) is 68.0 cm³/mol. The number of hydrogen-bond acceptors (Lipinski definition) is 3. The van der Waals surface area contributed by atoms with Crippen molar-refractivity contribution >= 4 is 11.3 Å². The summed E-state index contributed by atoms with van der Waals surface area (Å²) in [5, 5.41) is 2.04. The summed E-state index contributed by atoms with van der Waals surface area (Å²) in [4.78, 5) is 1.16.